The molecule has 0 spiro atoms. The van der Waals surface area contributed by atoms with Crippen molar-refractivity contribution >= 4 is 17.7 Å². The van der Waals surface area contributed by atoms with Gasteiger partial charge in [0.25, 0.3) is 0 Å². The zero-order valence-corrected chi connectivity index (χ0v) is 24.3. The third-order valence-corrected chi connectivity index (χ3v) is 7.89. The highest BCUT2D eigenvalue weighted by Crippen LogP contribution is 2.53. The molecule has 0 unspecified atom stereocenters. The van der Waals surface area contributed by atoms with E-state index in [1.165, 1.54) is 12.1 Å². The van der Waals surface area contributed by atoms with Crippen molar-refractivity contribution in [3.8, 4) is 28.7 Å². The number of benzene rings is 3. The van der Waals surface area contributed by atoms with E-state index >= 15 is 8.78 Å². The van der Waals surface area contributed by atoms with Crippen LogP contribution in [0.5, 0.6) is 11.5 Å². The first-order valence-electron chi connectivity index (χ1n) is 13.7. The predicted molar refractivity (Wildman–Crippen MR) is 153 cm³/mol. The van der Waals surface area contributed by atoms with Gasteiger partial charge in [0.15, 0.2) is 17.2 Å². The second-order valence-electron chi connectivity index (χ2n) is 11.4. The highest BCUT2D eigenvalue weighted by Gasteiger charge is 2.54. The molecular weight excluding hydrogens is 566 g/mol. The fourth-order valence-electron chi connectivity index (χ4n) is 5.87. The summed E-state index contributed by atoms with van der Waals surface area (Å²) in [5, 5.41) is 18.7. The van der Waals surface area contributed by atoms with Crippen molar-refractivity contribution in [3.63, 3.8) is 0 Å². The van der Waals surface area contributed by atoms with Gasteiger partial charge in [-0.1, -0.05) is 41.9 Å². The molecule has 0 aromatic heterocycles. The van der Waals surface area contributed by atoms with Crippen molar-refractivity contribution in [1.29, 1.82) is 5.26 Å². The number of carbonyl (C=O) groups excluding carboxylic acids is 1. The number of aliphatic hydroxyl groups is 1. The molecule has 2 aliphatic heterocycles. The fraction of sp³-hybridized carbons (Fsp3) is 0.375. The second kappa shape index (κ2) is 11.4. The van der Waals surface area contributed by atoms with Gasteiger partial charge in [-0.05, 0) is 51.3 Å². The van der Waals surface area contributed by atoms with E-state index in [-0.39, 0.29) is 52.8 Å². The van der Waals surface area contributed by atoms with Crippen LogP contribution in [0.3, 0.4) is 0 Å². The highest BCUT2D eigenvalue weighted by atomic mass is 35.5. The zero-order chi connectivity index (χ0) is 30.2. The minimum Gasteiger partial charge on any atom is -0.488 e. The summed E-state index contributed by atoms with van der Waals surface area (Å²) in [6.45, 7) is 5.28. The van der Waals surface area contributed by atoms with Gasteiger partial charge in [-0.3, -0.25) is 0 Å². The molecule has 3 aromatic carbocycles. The molecular formula is C32H31ClF2N2O5. The number of fused-ring (bicyclic) bond motifs is 1. The molecule has 1 saturated heterocycles. The smallest absolute Gasteiger partial charge is 0.410 e. The topological polar surface area (TPSA) is 92.0 Å². The van der Waals surface area contributed by atoms with Crippen molar-refractivity contribution in [1.82, 2.24) is 4.90 Å². The molecule has 10 heteroatoms. The average molecular weight is 597 g/mol. The summed E-state index contributed by atoms with van der Waals surface area (Å²) in [6.07, 6.45) is 0.890. The van der Waals surface area contributed by atoms with Crippen LogP contribution in [-0.2, 0) is 16.8 Å². The molecule has 5 rings (SSSR count). The molecule has 7 nitrogen and oxygen atoms in total. The van der Waals surface area contributed by atoms with Crippen LogP contribution in [0, 0.1) is 23.0 Å². The third-order valence-electron chi connectivity index (χ3n) is 7.53. The van der Waals surface area contributed by atoms with Gasteiger partial charge < -0.3 is 24.2 Å². The number of aliphatic hydroxyl groups excluding tert-OH is 1. The van der Waals surface area contributed by atoms with Crippen molar-refractivity contribution < 1.29 is 32.9 Å². The van der Waals surface area contributed by atoms with E-state index < -0.39 is 35.0 Å². The summed E-state index contributed by atoms with van der Waals surface area (Å²) in [5.74, 6) is -1.84. The van der Waals surface area contributed by atoms with Gasteiger partial charge in [0.05, 0.1) is 29.3 Å². The summed E-state index contributed by atoms with van der Waals surface area (Å²) in [7, 11) is 0. The maximum atomic E-state index is 16.0. The number of amides is 1. The van der Waals surface area contributed by atoms with E-state index in [9.17, 15) is 15.2 Å². The molecule has 2 aliphatic rings. The van der Waals surface area contributed by atoms with E-state index in [1.54, 1.807) is 25.7 Å². The zero-order valence-electron chi connectivity index (χ0n) is 23.5. The summed E-state index contributed by atoms with van der Waals surface area (Å²) in [4.78, 5) is 15.0. The number of carbonyl (C=O) groups is 1. The van der Waals surface area contributed by atoms with Crippen molar-refractivity contribution in [2.75, 3.05) is 19.8 Å². The Bertz CT molecular complexity index is 1550. The van der Waals surface area contributed by atoms with Crippen LogP contribution < -0.4 is 9.47 Å². The van der Waals surface area contributed by atoms with Crippen LogP contribution in [0.15, 0.2) is 48.5 Å². The molecule has 0 aliphatic carbocycles. The van der Waals surface area contributed by atoms with Crippen LogP contribution in [0.1, 0.15) is 50.3 Å². The Morgan fingerprint density at radius 2 is 1.95 bits per heavy atom. The quantitative estimate of drug-likeness (QED) is 0.338. The molecule has 220 valence electrons. The number of hydrogen-bond donors (Lipinski definition) is 1. The number of hydrogen-bond acceptors (Lipinski definition) is 6. The van der Waals surface area contributed by atoms with Crippen LogP contribution in [0.4, 0.5) is 13.6 Å². The number of nitriles is 1. The number of ether oxygens (including phenoxy) is 3. The number of nitrogens with zero attached hydrogens (tertiary/aromatic N) is 2. The lowest BCUT2D eigenvalue weighted by Gasteiger charge is -2.40. The lowest BCUT2D eigenvalue weighted by atomic mass is 9.79. The molecule has 1 amide bonds. The van der Waals surface area contributed by atoms with E-state index in [2.05, 4.69) is 0 Å². The minimum absolute atomic E-state index is 0.0187. The Hall–Kier alpha value is -3.87. The first kappa shape index (κ1) is 29.6. The standard InChI is InChI=1S/C32H31ClF2N2O5/c1-31(2,3)42-30(39)37-13-7-10-25(37)32(20-8-5-4-6-9-20)17-21-24(41-32)16-22(34)28(33)27(21)26-19(18-36)11-12-23(29(26)35)40-15-14-38/h4-6,8-9,11-12,16,25,38H,7,10,13-15,17H2,1-3H3/t25-,32-/m0/s1. The van der Waals surface area contributed by atoms with Gasteiger partial charge in [0.1, 0.15) is 23.8 Å². The third kappa shape index (κ3) is 5.25. The number of rotatable bonds is 6. The predicted octanol–water partition coefficient (Wildman–Crippen LogP) is 6.76. The molecule has 0 bridgehead atoms. The molecule has 1 fully saturated rings. The van der Waals surface area contributed by atoms with Gasteiger partial charge in [-0.2, -0.15) is 5.26 Å². The maximum absolute atomic E-state index is 16.0. The Morgan fingerprint density at radius 1 is 1.21 bits per heavy atom. The molecule has 2 heterocycles. The Morgan fingerprint density at radius 3 is 2.62 bits per heavy atom. The lowest BCUT2D eigenvalue weighted by molar-refractivity contribution is -0.0216. The van der Waals surface area contributed by atoms with E-state index in [4.69, 9.17) is 25.8 Å². The molecule has 0 radical (unpaired) electrons. The fourth-order valence-corrected chi connectivity index (χ4v) is 6.14. The molecule has 42 heavy (non-hydrogen) atoms. The van der Waals surface area contributed by atoms with Crippen molar-refractivity contribution in [2.45, 2.75) is 57.3 Å². The summed E-state index contributed by atoms with van der Waals surface area (Å²) >= 11 is 6.55. The average Bonchev–Trinajstić information content (AvgIpc) is 3.59. The summed E-state index contributed by atoms with van der Waals surface area (Å²) < 4.78 is 49.2. The number of halogens is 3. The second-order valence-corrected chi connectivity index (χ2v) is 11.8. The van der Waals surface area contributed by atoms with E-state index in [1.807, 2.05) is 36.4 Å². The van der Waals surface area contributed by atoms with Gasteiger partial charge in [-0.15, -0.1) is 0 Å². The normalized spacial score (nSPS) is 19.7. The van der Waals surface area contributed by atoms with Crippen molar-refractivity contribution in [3.05, 3.63) is 81.9 Å². The van der Waals surface area contributed by atoms with Crippen LogP contribution in [0.25, 0.3) is 11.1 Å². The van der Waals surface area contributed by atoms with E-state index in [0.717, 1.165) is 11.6 Å². The Balaban J connectivity index is 1.70. The number of likely N-dealkylation sites (tertiary alicyclic amines) is 1. The highest BCUT2D eigenvalue weighted by molar-refractivity contribution is 6.34. The Labute approximate surface area is 248 Å². The van der Waals surface area contributed by atoms with Crippen LogP contribution in [0.2, 0.25) is 5.02 Å². The van der Waals surface area contributed by atoms with Gasteiger partial charge in [0.2, 0.25) is 0 Å². The monoisotopic (exact) mass is 596 g/mol. The van der Waals surface area contributed by atoms with Gasteiger partial charge in [0, 0.05) is 35.7 Å². The van der Waals surface area contributed by atoms with Crippen molar-refractivity contribution in [2.24, 2.45) is 0 Å². The summed E-state index contributed by atoms with van der Waals surface area (Å²) in [5.41, 5.74) is -1.08. The minimum atomic E-state index is -1.18. The maximum Gasteiger partial charge on any atom is 0.410 e. The lowest BCUT2D eigenvalue weighted by Crippen LogP contribution is -2.53. The van der Waals surface area contributed by atoms with E-state index in [0.29, 0.717) is 24.9 Å². The van der Waals surface area contributed by atoms with Gasteiger partial charge in [-0.25, -0.2) is 13.6 Å². The Kier molecular flexibility index (Phi) is 8.06. The largest absolute Gasteiger partial charge is 0.488 e. The molecule has 1 N–H and O–H groups in total. The molecule has 2 atom stereocenters. The van der Waals surface area contributed by atoms with Crippen LogP contribution in [-0.4, -0.2) is 47.5 Å². The molecule has 0 saturated carbocycles. The first-order chi connectivity index (χ1) is 20.0. The van der Waals surface area contributed by atoms with Crippen LogP contribution >= 0.6 is 11.6 Å². The summed E-state index contributed by atoms with van der Waals surface area (Å²) in [6, 6.07) is 14.6. The molecule has 3 aromatic rings. The van der Waals surface area contributed by atoms with Gasteiger partial charge >= 0.3 is 6.09 Å². The first-order valence-corrected chi connectivity index (χ1v) is 14.1. The SMILES string of the molecule is CC(C)(C)OC(=O)N1CCC[C@H]1[C@@]1(c2ccccc2)Cc2c(cc(F)c(Cl)c2-c2c(C#N)ccc(OCCO)c2F)O1.